The van der Waals surface area contributed by atoms with E-state index >= 15 is 4.79 Å². The molecule has 1 aromatic heterocycles. The van der Waals surface area contributed by atoms with Gasteiger partial charge in [0.05, 0.1) is 11.2 Å². The molecule has 0 radical (unpaired) electrons. The van der Waals surface area contributed by atoms with E-state index in [1.807, 2.05) is 189 Å². The Morgan fingerprint density at radius 2 is 1.21 bits per heavy atom. The van der Waals surface area contributed by atoms with Crippen LogP contribution in [0.2, 0.25) is 0 Å². The molecule has 1 fully saturated rings. The minimum absolute atomic E-state index is 0.0617. The largest absolute Gasteiger partial charge is 0.448 e. The van der Waals surface area contributed by atoms with Crippen LogP contribution in [0.25, 0.3) is 0 Å². The van der Waals surface area contributed by atoms with Gasteiger partial charge < -0.3 is 29.7 Å². The fraction of sp³-hybridized carbons (Fsp3) is 0.174. The van der Waals surface area contributed by atoms with E-state index in [4.69, 9.17) is 29.0 Å². The number of aromatic nitrogens is 1. The van der Waals surface area contributed by atoms with Crippen molar-refractivity contribution in [1.82, 2.24) is 30.8 Å². The molecule has 0 spiro atoms. The molecule has 2 atom stereocenters. The van der Waals surface area contributed by atoms with Crippen LogP contribution in [0.4, 0.5) is 9.93 Å². The van der Waals surface area contributed by atoms with Crippen molar-refractivity contribution in [3.05, 3.63) is 297 Å². The molecule has 4 aliphatic rings. The third-order valence-corrected chi connectivity index (χ3v) is 18.4. The fourth-order valence-electron chi connectivity index (χ4n) is 10.7. The summed E-state index contributed by atoms with van der Waals surface area (Å²) in [5, 5.41) is 16.1. The molecule has 5 heterocycles. The summed E-state index contributed by atoms with van der Waals surface area (Å²) in [6.07, 6.45) is 1.22. The molecule has 4 aliphatic heterocycles. The van der Waals surface area contributed by atoms with Gasteiger partial charge >= 0.3 is 12.1 Å². The summed E-state index contributed by atoms with van der Waals surface area (Å²) in [6, 6.07) is 66.9. The summed E-state index contributed by atoms with van der Waals surface area (Å²) in [4.78, 5) is 76.3. The van der Waals surface area contributed by atoms with Crippen molar-refractivity contribution in [1.29, 1.82) is 0 Å². The Morgan fingerprint density at radius 3 is 1.72 bits per heavy atom. The summed E-state index contributed by atoms with van der Waals surface area (Å²) in [7, 11) is 1.46. The second kappa shape index (κ2) is 26.4. The molecule has 7 aromatic carbocycles. The number of anilines is 1. The van der Waals surface area contributed by atoms with Gasteiger partial charge in [-0.2, -0.15) is 5.01 Å². The summed E-state index contributed by atoms with van der Waals surface area (Å²) in [6.45, 7) is 5.16. The molecule has 1 saturated heterocycles. The number of methoxy groups -OCH3 is 1. The number of esters is 1. The third-order valence-electron chi connectivity index (χ3n) is 15.2. The Kier molecular flexibility index (Phi) is 17.7. The van der Waals surface area contributed by atoms with Gasteiger partial charge in [-0.15, -0.1) is 40.4 Å². The quantitative estimate of drug-likeness (QED) is 0.0154. The number of rotatable bonds is 21. The number of nitrogens with one attached hydrogen (secondary N) is 3. The minimum atomic E-state index is -1.26. The third kappa shape index (κ3) is 12.8. The molecule has 0 saturated carbocycles. The van der Waals surface area contributed by atoms with Crippen molar-refractivity contribution in [2.75, 3.05) is 23.9 Å². The van der Waals surface area contributed by atoms with E-state index in [2.05, 4.69) is 57.7 Å². The number of β-lactam (4-membered cyclic amide) rings is 1. The molecule has 3 amide bonds. The van der Waals surface area contributed by atoms with Gasteiger partial charge in [0.15, 0.2) is 28.9 Å². The van der Waals surface area contributed by atoms with Gasteiger partial charge in [0.2, 0.25) is 5.79 Å². The zero-order chi connectivity index (χ0) is 61.5. The summed E-state index contributed by atoms with van der Waals surface area (Å²) in [5.74, 6) is -2.37. The highest BCUT2D eigenvalue weighted by Gasteiger charge is 2.55. The topological polar surface area (TPSA) is 189 Å². The second-order valence-corrected chi connectivity index (χ2v) is 24.4. The van der Waals surface area contributed by atoms with Gasteiger partial charge in [-0.3, -0.25) is 14.5 Å². The number of ether oxygens (including phenoxy) is 3. The first kappa shape index (κ1) is 59.7. The van der Waals surface area contributed by atoms with Crippen LogP contribution < -0.4 is 16.2 Å². The molecular weight excluding hydrogens is 1180 g/mol. The lowest BCUT2D eigenvalue weighted by atomic mass is 9.77. The van der Waals surface area contributed by atoms with E-state index in [1.54, 1.807) is 30.4 Å². The number of thiazole rings is 1. The monoisotopic (exact) mass is 1240 g/mol. The Hall–Kier alpha value is -9.57. The van der Waals surface area contributed by atoms with Crippen molar-refractivity contribution in [3.8, 4) is 0 Å². The SMILES string of the molecule is COC(C)(C)ON=C(C(=O)N[C@@H]1C(=O)N2C(C(=O)OC(c3ccccc3)c3ccccc3)=C(CSC3=CC(C)=NC4=CN(C(=O)OC(c5ccccc5)c5ccccc5)NN43)CS[C@H]12)c1csc(NC(c2ccccc2)(c2ccccc2)c2ccccc2)n1. The number of aliphatic imine (C=N–C) groups is 1. The van der Waals surface area contributed by atoms with Gasteiger partial charge in [0.1, 0.15) is 28.3 Å². The number of carbonyl (C=O) groups is 4. The van der Waals surface area contributed by atoms with E-state index in [0.717, 1.165) is 38.9 Å². The molecule has 17 nitrogen and oxygen atoms in total. The van der Waals surface area contributed by atoms with Crippen LogP contribution in [-0.2, 0) is 39.0 Å². The second-order valence-electron chi connectivity index (χ2n) is 21.5. The van der Waals surface area contributed by atoms with Crippen LogP contribution in [0.3, 0.4) is 0 Å². The number of fused-ring (bicyclic) bond motifs is 2. The van der Waals surface area contributed by atoms with Crippen molar-refractivity contribution < 1.29 is 38.2 Å². The van der Waals surface area contributed by atoms with Crippen LogP contribution in [0.5, 0.6) is 0 Å². The first-order valence-corrected chi connectivity index (χ1v) is 31.6. The molecule has 89 heavy (non-hydrogen) atoms. The lowest BCUT2D eigenvalue weighted by Crippen LogP contribution is -2.71. The zero-order valence-corrected chi connectivity index (χ0v) is 51.3. The molecule has 0 bridgehead atoms. The highest BCUT2D eigenvalue weighted by Crippen LogP contribution is 2.45. The number of benzene rings is 7. The van der Waals surface area contributed by atoms with E-state index in [1.165, 1.54) is 51.9 Å². The number of amides is 3. The van der Waals surface area contributed by atoms with Gasteiger partial charge in [0.25, 0.3) is 11.8 Å². The number of hydrogen-bond acceptors (Lipinski definition) is 17. The molecule has 3 N–H and O–H groups in total. The lowest BCUT2D eigenvalue weighted by molar-refractivity contribution is -0.197. The molecule has 0 aliphatic carbocycles. The fourth-order valence-corrected chi connectivity index (χ4v) is 14.0. The number of hydrazine groups is 2. The van der Waals surface area contributed by atoms with Crippen molar-refractivity contribution in [3.63, 3.8) is 0 Å². The van der Waals surface area contributed by atoms with Gasteiger partial charge in [0, 0.05) is 43.6 Å². The maximum absolute atomic E-state index is 15.2. The molecule has 8 aromatic rings. The van der Waals surface area contributed by atoms with Crippen LogP contribution in [0.15, 0.2) is 262 Å². The number of nitrogens with zero attached hydrogens (tertiary/aromatic N) is 6. The maximum atomic E-state index is 15.2. The van der Waals surface area contributed by atoms with Gasteiger partial charge in [-0.25, -0.2) is 24.6 Å². The number of hydrogen-bond donors (Lipinski definition) is 3. The van der Waals surface area contributed by atoms with E-state index in [9.17, 15) is 14.4 Å². The van der Waals surface area contributed by atoms with E-state index in [-0.39, 0.29) is 28.6 Å². The van der Waals surface area contributed by atoms with Crippen LogP contribution in [0.1, 0.15) is 77.6 Å². The lowest BCUT2D eigenvalue weighted by Gasteiger charge is -2.49. The maximum Gasteiger partial charge on any atom is 0.431 e. The Labute approximate surface area is 527 Å². The van der Waals surface area contributed by atoms with Gasteiger partial charge in [-0.05, 0) is 57.5 Å². The number of allylic oxidation sites excluding steroid dienone is 1. The van der Waals surface area contributed by atoms with Crippen LogP contribution in [-0.4, -0.2) is 91.0 Å². The predicted octanol–water partition coefficient (Wildman–Crippen LogP) is 12.4. The van der Waals surface area contributed by atoms with Crippen LogP contribution >= 0.6 is 34.9 Å². The smallest absolute Gasteiger partial charge is 0.431 e. The highest BCUT2D eigenvalue weighted by atomic mass is 32.2. The summed E-state index contributed by atoms with van der Waals surface area (Å²) < 4.78 is 18.3. The number of thioether (sulfide) groups is 2. The first-order valence-electron chi connectivity index (χ1n) is 28.7. The van der Waals surface area contributed by atoms with Gasteiger partial charge in [-0.1, -0.05) is 217 Å². The summed E-state index contributed by atoms with van der Waals surface area (Å²) >= 11 is 4.05. The molecule has 448 valence electrons. The normalized spacial score (nSPS) is 16.6. The highest BCUT2D eigenvalue weighted by molar-refractivity contribution is 8.03. The minimum Gasteiger partial charge on any atom is -0.448 e. The Morgan fingerprint density at radius 1 is 0.719 bits per heavy atom. The Bertz CT molecular complexity index is 3850. The number of carbonyl (C=O) groups excluding carboxylic acids is 4. The van der Waals surface area contributed by atoms with E-state index < -0.39 is 58.8 Å². The molecule has 0 unspecified atom stereocenters. The number of oxime groups is 1. The molecule has 20 heteroatoms. The standard InChI is InChI=1S/C69H61N9O8S3/c1-45-40-56(78-55(70-45)41-76(75-78)67(82)85-61(48-30-16-7-17-31-48)49-32-18-8-19-33-49)87-42-50-43-88-64-58(63(80)77(64)59(50)65(81)84-60(46-26-12-5-13-27-46)47-28-14-6-15-29-47)72-62(79)57(74-86-68(2,3)83-4)54-44-89-66(71-54)73-69(51-34-20-9-21-35-51,52-36-22-10-23-37-52)53-38-24-11-25-39-53/h5-41,44,58,60-61,64,75H,42-43H2,1-4H3,(H,71,73)(H,72,79)/t58-,64-/m1/s1. The Balaban J connectivity index is 0.824. The zero-order valence-electron chi connectivity index (χ0n) is 48.8. The predicted molar refractivity (Wildman–Crippen MR) is 346 cm³/mol. The molecular formula is C69H61N9O8S3. The van der Waals surface area contributed by atoms with Crippen molar-refractivity contribution in [2.45, 2.75) is 55.7 Å². The molecule has 12 rings (SSSR count). The van der Waals surface area contributed by atoms with Crippen LogP contribution in [0, 0.1) is 0 Å². The average Bonchev–Trinajstić information content (AvgIpc) is 1.73. The van der Waals surface area contributed by atoms with Crippen molar-refractivity contribution >= 4 is 75.3 Å². The van der Waals surface area contributed by atoms with E-state index in [0.29, 0.717) is 27.3 Å². The van der Waals surface area contributed by atoms with Crippen molar-refractivity contribution in [2.24, 2.45) is 10.1 Å². The summed E-state index contributed by atoms with van der Waals surface area (Å²) in [5.41, 5.74) is 9.41. The average molecular weight is 1240 g/mol. The first-order chi connectivity index (χ1) is 43.4.